The maximum atomic E-state index is 5.82. The summed E-state index contributed by atoms with van der Waals surface area (Å²) in [6.45, 7) is 4.37. The first-order chi connectivity index (χ1) is 8.79. The Hall–Kier alpha value is -0.910. The standard InChI is InChI=1S/C13H15BrN2OS/c1-2-15-8-10-7-11(14)3-4-12(10)17-9-13-16-5-6-18-13/h3-7,15H,2,8-9H2,1H3. The quantitative estimate of drug-likeness (QED) is 0.880. The number of hydrogen-bond acceptors (Lipinski definition) is 4. The van der Waals surface area contributed by atoms with Gasteiger partial charge in [-0.05, 0) is 24.7 Å². The van der Waals surface area contributed by atoms with E-state index in [1.807, 2.05) is 17.5 Å². The van der Waals surface area contributed by atoms with Gasteiger partial charge in [0.1, 0.15) is 17.4 Å². The molecule has 96 valence electrons. The second-order valence-corrected chi connectivity index (χ2v) is 5.64. The summed E-state index contributed by atoms with van der Waals surface area (Å²) in [5.74, 6) is 0.911. The van der Waals surface area contributed by atoms with Crippen molar-refractivity contribution < 1.29 is 4.74 Å². The molecule has 2 rings (SSSR count). The van der Waals surface area contributed by atoms with Crippen LogP contribution in [-0.2, 0) is 13.2 Å². The molecule has 2 aromatic rings. The lowest BCUT2D eigenvalue weighted by Gasteiger charge is -2.11. The first-order valence-electron chi connectivity index (χ1n) is 5.80. The van der Waals surface area contributed by atoms with Crippen LogP contribution in [0.15, 0.2) is 34.2 Å². The van der Waals surface area contributed by atoms with Crippen molar-refractivity contribution in [2.45, 2.75) is 20.1 Å². The van der Waals surface area contributed by atoms with Crippen molar-refractivity contribution in [3.63, 3.8) is 0 Å². The van der Waals surface area contributed by atoms with E-state index in [4.69, 9.17) is 4.74 Å². The summed E-state index contributed by atoms with van der Waals surface area (Å²) >= 11 is 5.09. The molecule has 1 aromatic heterocycles. The molecule has 0 saturated heterocycles. The molecular formula is C13H15BrN2OS. The number of halogens is 1. The van der Waals surface area contributed by atoms with Crippen molar-refractivity contribution in [3.8, 4) is 5.75 Å². The molecule has 0 fully saturated rings. The highest BCUT2D eigenvalue weighted by molar-refractivity contribution is 9.10. The van der Waals surface area contributed by atoms with E-state index in [0.717, 1.165) is 33.9 Å². The van der Waals surface area contributed by atoms with Gasteiger partial charge in [0.25, 0.3) is 0 Å². The zero-order valence-corrected chi connectivity index (χ0v) is 12.6. The van der Waals surface area contributed by atoms with Crippen LogP contribution in [0, 0.1) is 0 Å². The van der Waals surface area contributed by atoms with E-state index >= 15 is 0 Å². The predicted molar refractivity (Wildman–Crippen MR) is 78.0 cm³/mol. The van der Waals surface area contributed by atoms with Gasteiger partial charge in [0, 0.05) is 28.2 Å². The topological polar surface area (TPSA) is 34.1 Å². The normalized spacial score (nSPS) is 10.6. The minimum atomic E-state index is 0.526. The number of thiazole rings is 1. The van der Waals surface area contributed by atoms with E-state index in [2.05, 4.69) is 39.2 Å². The minimum Gasteiger partial charge on any atom is -0.486 e. The van der Waals surface area contributed by atoms with Gasteiger partial charge in [-0.2, -0.15) is 0 Å². The fourth-order valence-electron chi connectivity index (χ4n) is 1.55. The molecule has 0 aliphatic heterocycles. The lowest BCUT2D eigenvalue weighted by Crippen LogP contribution is -2.13. The third-order valence-electron chi connectivity index (χ3n) is 2.42. The van der Waals surface area contributed by atoms with Crippen molar-refractivity contribution in [3.05, 3.63) is 44.8 Å². The van der Waals surface area contributed by atoms with E-state index in [1.165, 1.54) is 0 Å². The number of ether oxygens (including phenoxy) is 1. The monoisotopic (exact) mass is 326 g/mol. The zero-order chi connectivity index (χ0) is 12.8. The van der Waals surface area contributed by atoms with E-state index in [1.54, 1.807) is 17.5 Å². The molecule has 0 aliphatic carbocycles. The molecule has 1 heterocycles. The second kappa shape index (κ2) is 6.87. The van der Waals surface area contributed by atoms with Crippen LogP contribution in [0.25, 0.3) is 0 Å². The summed E-state index contributed by atoms with van der Waals surface area (Å²) in [6, 6.07) is 6.07. The molecule has 5 heteroatoms. The maximum Gasteiger partial charge on any atom is 0.140 e. The third-order valence-corrected chi connectivity index (χ3v) is 3.67. The Kier molecular flexibility index (Phi) is 5.16. The van der Waals surface area contributed by atoms with Gasteiger partial charge in [-0.25, -0.2) is 4.98 Å². The number of benzene rings is 1. The van der Waals surface area contributed by atoms with Crippen LogP contribution in [0.5, 0.6) is 5.75 Å². The highest BCUT2D eigenvalue weighted by Gasteiger charge is 2.05. The Morgan fingerprint density at radius 2 is 2.33 bits per heavy atom. The van der Waals surface area contributed by atoms with Crippen LogP contribution < -0.4 is 10.1 Å². The molecule has 0 saturated carbocycles. The van der Waals surface area contributed by atoms with Gasteiger partial charge in [0.05, 0.1) is 0 Å². The Morgan fingerprint density at radius 3 is 3.06 bits per heavy atom. The van der Waals surface area contributed by atoms with Gasteiger partial charge in [0.15, 0.2) is 0 Å². The van der Waals surface area contributed by atoms with Crippen molar-refractivity contribution in [2.24, 2.45) is 0 Å². The number of nitrogens with one attached hydrogen (secondary N) is 1. The molecule has 0 unspecified atom stereocenters. The Bertz CT molecular complexity index is 488. The van der Waals surface area contributed by atoms with Gasteiger partial charge < -0.3 is 10.1 Å². The van der Waals surface area contributed by atoms with Gasteiger partial charge in [-0.15, -0.1) is 11.3 Å². The Morgan fingerprint density at radius 1 is 1.44 bits per heavy atom. The lowest BCUT2D eigenvalue weighted by atomic mass is 10.2. The zero-order valence-electron chi connectivity index (χ0n) is 10.1. The molecule has 0 atom stereocenters. The molecule has 1 aromatic carbocycles. The summed E-state index contributed by atoms with van der Waals surface area (Å²) in [7, 11) is 0. The van der Waals surface area contributed by atoms with E-state index < -0.39 is 0 Å². The van der Waals surface area contributed by atoms with E-state index in [9.17, 15) is 0 Å². The van der Waals surface area contributed by atoms with E-state index in [0.29, 0.717) is 6.61 Å². The molecule has 0 aliphatic rings. The van der Waals surface area contributed by atoms with E-state index in [-0.39, 0.29) is 0 Å². The van der Waals surface area contributed by atoms with Gasteiger partial charge >= 0.3 is 0 Å². The summed E-state index contributed by atoms with van der Waals surface area (Å²) < 4.78 is 6.89. The van der Waals surface area contributed by atoms with Crippen LogP contribution in [0.1, 0.15) is 17.5 Å². The van der Waals surface area contributed by atoms with Crippen molar-refractivity contribution in [2.75, 3.05) is 6.54 Å². The molecule has 0 bridgehead atoms. The molecule has 18 heavy (non-hydrogen) atoms. The van der Waals surface area contributed by atoms with Crippen LogP contribution in [0.3, 0.4) is 0 Å². The maximum absolute atomic E-state index is 5.82. The van der Waals surface area contributed by atoms with Gasteiger partial charge in [0.2, 0.25) is 0 Å². The smallest absolute Gasteiger partial charge is 0.140 e. The van der Waals surface area contributed by atoms with Crippen LogP contribution >= 0.6 is 27.3 Å². The number of nitrogens with zero attached hydrogens (tertiary/aromatic N) is 1. The third kappa shape index (κ3) is 3.80. The Balaban J connectivity index is 2.05. The van der Waals surface area contributed by atoms with Crippen LogP contribution in [0.2, 0.25) is 0 Å². The minimum absolute atomic E-state index is 0.526. The summed E-state index contributed by atoms with van der Waals surface area (Å²) in [6.07, 6.45) is 1.80. The van der Waals surface area contributed by atoms with Crippen LogP contribution in [-0.4, -0.2) is 11.5 Å². The molecule has 3 nitrogen and oxygen atoms in total. The fourth-order valence-corrected chi connectivity index (χ4v) is 2.49. The van der Waals surface area contributed by atoms with Gasteiger partial charge in [-0.1, -0.05) is 22.9 Å². The molecule has 0 spiro atoms. The number of hydrogen-bond donors (Lipinski definition) is 1. The lowest BCUT2D eigenvalue weighted by molar-refractivity contribution is 0.301. The molecule has 0 amide bonds. The summed E-state index contributed by atoms with van der Waals surface area (Å²) in [4.78, 5) is 4.21. The molecule has 0 radical (unpaired) electrons. The van der Waals surface area contributed by atoms with Crippen molar-refractivity contribution >= 4 is 27.3 Å². The highest BCUT2D eigenvalue weighted by Crippen LogP contribution is 2.24. The summed E-state index contributed by atoms with van der Waals surface area (Å²) in [5, 5.41) is 6.26. The second-order valence-electron chi connectivity index (χ2n) is 3.75. The first-order valence-corrected chi connectivity index (χ1v) is 7.47. The average molecular weight is 327 g/mol. The highest BCUT2D eigenvalue weighted by atomic mass is 79.9. The number of aromatic nitrogens is 1. The Labute approximate surface area is 119 Å². The average Bonchev–Trinajstić information content (AvgIpc) is 2.88. The van der Waals surface area contributed by atoms with Crippen LogP contribution in [0.4, 0.5) is 0 Å². The first kappa shape index (κ1) is 13.5. The predicted octanol–water partition coefficient (Wildman–Crippen LogP) is 3.59. The summed E-state index contributed by atoms with van der Waals surface area (Å²) in [5.41, 5.74) is 1.16. The van der Waals surface area contributed by atoms with Gasteiger partial charge in [-0.3, -0.25) is 0 Å². The molecular weight excluding hydrogens is 312 g/mol. The largest absolute Gasteiger partial charge is 0.486 e. The molecule has 1 N–H and O–H groups in total. The fraction of sp³-hybridized carbons (Fsp3) is 0.308. The number of rotatable bonds is 6. The van der Waals surface area contributed by atoms with Crippen molar-refractivity contribution in [1.82, 2.24) is 10.3 Å². The SMILES string of the molecule is CCNCc1cc(Br)ccc1OCc1nccs1. The van der Waals surface area contributed by atoms with Crippen molar-refractivity contribution in [1.29, 1.82) is 0 Å².